The van der Waals surface area contributed by atoms with Crippen LogP contribution >= 0.6 is 11.3 Å². The van der Waals surface area contributed by atoms with Gasteiger partial charge >= 0.3 is 0 Å². The van der Waals surface area contributed by atoms with Crippen molar-refractivity contribution in [1.29, 1.82) is 0 Å². The Hall–Kier alpha value is -2.73. The number of carbonyl (C=O) groups excluding carboxylic acids is 1. The average Bonchev–Trinajstić information content (AvgIpc) is 3.04. The quantitative estimate of drug-likeness (QED) is 0.770. The molecule has 3 aromatic rings. The number of hydrogen-bond acceptors (Lipinski definition) is 5. The van der Waals surface area contributed by atoms with Crippen molar-refractivity contribution in [3.8, 4) is 5.75 Å². The number of benzene rings is 1. The summed E-state index contributed by atoms with van der Waals surface area (Å²) in [5.41, 5.74) is 3.13. The monoisotopic (exact) mass is 339 g/mol. The molecule has 0 aliphatic carbocycles. The Morgan fingerprint density at radius 1 is 1.25 bits per heavy atom. The minimum atomic E-state index is -0.210. The van der Waals surface area contributed by atoms with E-state index in [0.717, 1.165) is 27.7 Å². The van der Waals surface area contributed by atoms with E-state index < -0.39 is 0 Å². The first-order chi connectivity index (χ1) is 11.6. The predicted molar refractivity (Wildman–Crippen MR) is 94.8 cm³/mol. The van der Waals surface area contributed by atoms with Gasteiger partial charge in [-0.2, -0.15) is 0 Å². The second-order valence-corrected chi connectivity index (χ2v) is 6.23. The third-order valence-corrected chi connectivity index (χ3v) is 4.30. The fraction of sp³-hybridized carbons (Fsp3) is 0.167. The molecule has 0 unspecified atom stereocenters. The minimum Gasteiger partial charge on any atom is -0.497 e. The van der Waals surface area contributed by atoms with Crippen LogP contribution in [0.25, 0.3) is 0 Å². The van der Waals surface area contributed by atoms with Crippen molar-refractivity contribution in [2.45, 2.75) is 13.3 Å². The average molecular weight is 339 g/mol. The van der Waals surface area contributed by atoms with Gasteiger partial charge in [-0.3, -0.25) is 9.78 Å². The number of amides is 1. The summed E-state index contributed by atoms with van der Waals surface area (Å²) < 4.78 is 5.15. The van der Waals surface area contributed by atoms with Crippen LogP contribution in [-0.4, -0.2) is 23.0 Å². The summed E-state index contributed by atoms with van der Waals surface area (Å²) in [6.07, 6.45) is 2.36. The van der Waals surface area contributed by atoms with E-state index in [1.807, 2.05) is 37.3 Å². The highest BCUT2D eigenvalue weighted by Crippen LogP contribution is 2.18. The van der Waals surface area contributed by atoms with Crippen LogP contribution in [0.15, 0.2) is 48.0 Å². The molecule has 2 aromatic heterocycles. The van der Waals surface area contributed by atoms with Crippen LogP contribution in [0.2, 0.25) is 0 Å². The van der Waals surface area contributed by atoms with E-state index in [1.165, 1.54) is 11.3 Å². The summed E-state index contributed by atoms with van der Waals surface area (Å²) in [5.74, 6) is 0.614. The van der Waals surface area contributed by atoms with Gasteiger partial charge in [-0.15, -0.1) is 11.3 Å². The molecule has 3 rings (SSSR count). The lowest BCUT2D eigenvalue weighted by Crippen LogP contribution is -2.12. The molecule has 0 fully saturated rings. The fourth-order valence-electron chi connectivity index (χ4n) is 2.23. The number of aromatic nitrogens is 2. The van der Waals surface area contributed by atoms with Gasteiger partial charge in [0.05, 0.1) is 12.1 Å². The first-order valence-corrected chi connectivity index (χ1v) is 8.33. The maximum atomic E-state index is 12.3. The molecule has 0 bridgehead atoms. The van der Waals surface area contributed by atoms with Crippen molar-refractivity contribution in [2.75, 3.05) is 12.4 Å². The van der Waals surface area contributed by atoms with Gasteiger partial charge in [-0.1, -0.05) is 12.1 Å². The van der Waals surface area contributed by atoms with E-state index in [0.29, 0.717) is 12.1 Å². The van der Waals surface area contributed by atoms with Crippen LogP contribution in [0.4, 0.5) is 5.69 Å². The molecule has 0 radical (unpaired) electrons. The van der Waals surface area contributed by atoms with Gasteiger partial charge in [0.2, 0.25) is 0 Å². The first kappa shape index (κ1) is 16.1. The van der Waals surface area contributed by atoms with Crippen molar-refractivity contribution >= 4 is 22.9 Å². The van der Waals surface area contributed by atoms with Gasteiger partial charge in [-0.05, 0) is 36.8 Å². The van der Waals surface area contributed by atoms with Gasteiger partial charge in [0, 0.05) is 29.4 Å². The van der Waals surface area contributed by atoms with Crippen LogP contribution < -0.4 is 10.1 Å². The molecule has 1 N–H and O–H groups in total. The Morgan fingerprint density at radius 2 is 2.04 bits per heavy atom. The largest absolute Gasteiger partial charge is 0.497 e. The van der Waals surface area contributed by atoms with Gasteiger partial charge in [0.25, 0.3) is 5.91 Å². The lowest BCUT2D eigenvalue weighted by Gasteiger charge is -2.03. The number of nitrogens with zero attached hydrogens (tertiary/aromatic N) is 2. The van der Waals surface area contributed by atoms with Crippen LogP contribution in [0.1, 0.15) is 26.8 Å². The Morgan fingerprint density at radius 3 is 2.75 bits per heavy atom. The Balaban J connectivity index is 1.66. The molecule has 1 amide bonds. The van der Waals surface area contributed by atoms with Crippen LogP contribution in [-0.2, 0) is 6.42 Å². The molecular formula is C18H17N3O2S. The van der Waals surface area contributed by atoms with Crippen molar-refractivity contribution in [3.63, 3.8) is 0 Å². The highest BCUT2D eigenvalue weighted by atomic mass is 32.1. The number of methoxy groups -OCH3 is 1. The third-order valence-electron chi connectivity index (χ3n) is 3.45. The Bertz CT molecular complexity index is 843. The second-order valence-electron chi connectivity index (χ2n) is 5.29. The first-order valence-electron chi connectivity index (χ1n) is 7.45. The number of carbonyl (C=O) groups is 1. The molecule has 0 aliphatic rings. The van der Waals surface area contributed by atoms with Gasteiger partial charge in [-0.25, -0.2) is 4.98 Å². The second kappa shape index (κ2) is 7.23. The number of rotatable bonds is 5. The van der Waals surface area contributed by atoms with Crippen molar-refractivity contribution < 1.29 is 9.53 Å². The normalized spacial score (nSPS) is 10.4. The maximum Gasteiger partial charge on any atom is 0.275 e. The number of hydrogen-bond donors (Lipinski definition) is 1. The highest BCUT2D eigenvalue weighted by Gasteiger charge is 2.11. The zero-order chi connectivity index (χ0) is 16.9. The topological polar surface area (TPSA) is 64.1 Å². The maximum absolute atomic E-state index is 12.3. The molecule has 0 aliphatic heterocycles. The molecule has 122 valence electrons. The van der Waals surface area contributed by atoms with Crippen LogP contribution in [0.3, 0.4) is 0 Å². The molecule has 0 saturated carbocycles. The van der Waals surface area contributed by atoms with E-state index in [1.54, 1.807) is 24.8 Å². The van der Waals surface area contributed by atoms with E-state index in [-0.39, 0.29) is 5.91 Å². The fourth-order valence-corrected chi connectivity index (χ4v) is 3.04. The summed E-state index contributed by atoms with van der Waals surface area (Å²) in [6, 6.07) is 11.4. The molecule has 0 spiro atoms. The van der Waals surface area contributed by atoms with Crippen LogP contribution in [0, 0.1) is 6.92 Å². The molecular weight excluding hydrogens is 322 g/mol. The number of aryl methyl sites for hydroxylation is 1. The van der Waals surface area contributed by atoms with E-state index >= 15 is 0 Å². The summed E-state index contributed by atoms with van der Waals surface area (Å²) in [4.78, 5) is 20.8. The van der Waals surface area contributed by atoms with Crippen molar-refractivity contribution in [1.82, 2.24) is 9.97 Å². The number of pyridine rings is 1. The Kier molecular flexibility index (Phi) is 4.86. The molecule has 0 atom stereocenters. The molecule has 5 nitrogen and oxygen atoms in total. The summed E-state index contributed by atoms with van der Waals surface area (Å²) in [5, 5.41) is 5.52. The zero-order valence-electron chi connectivity index (χ0n) is 13.4. The molecule has 2 heterocycles. The van der Waals surface area contributed by atoms with E-state index in [4.69, 9.17) is 4.74 Å². The summed E-state index contributed by atoms with van der Waals surface area (Å²) in [6.45, 7) is 1.88. The van der Waals surface area contributed by atoms with Gasteiger partial charge in [0.15, 0.2) is 0 Å². The predicted octanol–water partition coefficient (Wildman–Crippen LogP) is 3.70. The van der Waals surface area contributed by atoms with Crippen molar-refractivity contribution in [2.24, 2.45) is 0 Å². The van der Waals surface area contributed by atoms with Gasteiger partial charge < -0.3 is 10.1 Å². The molecule has 1 aromatic carbocycles. The lowest BCUT2D eigenvalue weighted by atomic mass is 10.1. The Labute approximate surface area is 144 Å². The van der Waals surface area contributed by atoms with Crippen molar-refractivity contribution in [3.05, 3.63) is 69.9 Å². The lowest BCUT2D eigenvalue weighted by molar-refractivity contribution is 0.102. The standard InChI is InChI=1S/C18H17N3O2S/c1-12-9-14(7-8-19-12)20-18(22)16-11-24-17(21-16)10-13-3-5-15(23-2)6-4-13/h3-9,11H,10H2,1-2H3,(H,19,20,22). The van der Waals surface area contributed by atoms with Gasteiger partial charge in [0.1, 0.15) is 11.4 Å². The van der Waals surface area contributed by atoms with E-state index in [9.17, 15) is 4.79 Å². The summed E-state index contributed by atoms with van der Waals surface area (Å²) in [7, 11) is 1.64. The minimum absolute atomic E-state index is 0.210. The molecule has 6 heteroatoms. The van der Waals surface area contributed by atoms with E-state index in [2.05, 4.69) is 15.3 Å². The number of thiazole rings is 1. The zero-order valence-corrected chi connectivity index (χ0v) is 14.3. The molecule has 24 heavy (non-hydrogen) atoms. The van der Waals surface area contributed by atoms with Crippen LogP contribution in [0.5, 0.6) is 5.75 Å². The third kappa shape index (κ3) is 3.97. The highest BCUT2D eigenvalue weighted by molar-refractivity contribution is 7.09. The smallest absolute Gasteiger partial charge is 0.275 e. The SMILES string of the molecule is COc1ccc(Cc2nc(C(=O)Nc3ccnc(C)c3)cs2)cc1. The molecule has 0 saturated heterocycles. The summed E-state index contributed by atoms with van der Waals surface area (Å²) >= 11 is 1.48. The number of nitrogens with one attached hydrogen (secondary N) is 1. The number of ether oxygens (including phenoxy) is 1. The number of anilines is 1.